The van der Waals surface area contributed by atoms with E-state index < -0.39 is 0 Å². The van der Waals surface area contributed by atoms with Gasteiger partial charge in [-0.25, -0.2) is 9.67 Å². The standard InChI is InChI=1S/C19H25N3O/c1-4-11-23-13-18-20-19(16-7-5-6-8-16)21-22(18)17-12-14(2)9-10-15(17)3/h4,9-10,12,16H,1,5-8,11,13H2,2-3H3. The molecule has 0 saturated heterocycles. The van der Waals surface area contributed by atoms with Gasteiger partial charge in [-0.2, -0.15) is 5.10 Å². The van der Waals surface area contributed by atoms with E-state index in [0.29, 0.717) is 19.1 Å². The molecule has 1 aromatic carbocycles. The molecule has 23 heavy (non-hydrogen) atoms. The van der Waals surface area contributed by atoms with E-state index in [1.54, 1.807) is 6.08 Å². The molecule has 0 radical (unpaired) electrons. The first-order valence-corrected chi connectivity index (χ1v) is 8.41. The van der Waals surface area contributed by atoms with Crippen LogP contribution in [0.15, 0.2) is 30.9 Å². The van der Waals surface area contributed by atoms with Crippen LogP contribution in [-0.2, 0) is 11.3 Å². The topological polar surface area (TPSA) is 39.9 Å². The molecule has 1 aromatic heterocycles. The third kappa shape index (κ3) is 3.53. The molecule has 0 bridgehead atoms. The van der Waals surface area contributed by atoms with Crippen molar-refractivity contribution in [2.24, 2.45) is 0 Å². The average molecular weight is 311 g/mol. The monoisotopic (exact) mass is 311 g/mol. The summed E-state index contributed by atoms with van der Waals surface area (Å²) in [6.07, 6.45) is 6.72. The molecule has 2 aromatic rings. The van der Waals surface area contributed by atoms with Crippen molar-refractivity contribution >= 4 is 0 Å². The first-order valence-electron chi connectivity index (χ1n) is 8.41. The van der Waals surface area contributed by atoms with Crippen molar-refractivity contribution in [2.75, 3.05) is 6.61 Å². The summed E-state index contributed by atoms with van der Waals surface area (Å²) in [5, 5.41) is 4.84. The summed E-state index contributed by atoms with van der Waals surface area (Å²) in [7, 11) is 0. The van der Waals surface area contributed by atoms with Gasteiger partial charge in [-0.1, -0.05) is 31.1 Å². The lowest BCUT2D eigenvalue weighted by molar-refractivity contribution is 0.141. The van der Waals surface area contributed by atoms with Crippen LogP contribution in [0.25, 0.3) is 5.69 Å². The van der Waals surface area contributed by atoms with Crippen LogP contribution in [0.4, 0.5) is 0 Å². The second kappa shape index (κ2) is 7.09. The van der Waals surface area contributed by atoms with E-state index in [2.05, 4.69) is 38.6 Å². The molecule has 122 valence electrons. The zero-order chi connectivity index (χ0) is 16.2. The van der Waals surface area contributed by atoms with Gasteiger partial charge in [-0.05, 0) is 43.9 Å². The molecular weight excluding hydrogens is 286 g/mol. The first-order chi connectivity index (χ1) is 11.2. The van der Waals surface area contributed by atoms with Crippen molar-refractivity contribution in [1.29, 1.82) is 0 Å². The molecule has 0 unspecified atom stereocenters. The highest BCUT2D eigenvalue weighted by atomic mass is 16.5. The summed E-state index contributed by atoms with van der Waals surface area (Å²) in [5.74, 6) is 2.35. The number of ether oxygens (including phenoxy) is 1. The predicted octanol–water partition coefficient (Wildman–Crippen LogP) is 4.24. The van der Waals surface area contributed by atoms with Gasteiger partial charge in [0, 0.05) is 5.92 Å². The smallest absolute Gasteiger partial charge is 0.158 e. The van der Waals surface area contributed by atoms with E-state index in [9.17, 15) is 0 Å². The number of aromatic nitrogens is 3. The number of nitrogens with zero attached hydrogens (tertiary/aromatic N) is 3. The molecule has 0 spiro atoms. The van der Waals surface area contributed by atoms with Crippen LogP contribution >= 0.6 is 0 Å². The van der Waals surface area contributed by atoms with E-state index in [4.69, 9.17) is 14.8 Å². The van der Waals surface area contributed by atoms with Crippen LogP contribution in [0, 0.1) is 13.8 Å². The fourth-order valence-corrected chi connectivity index (χ4v) is 3.19. The van der Waals surface area contributed by atoms with Crippen molar-refractivity contribution in [3.63, 3.8) is 0 Å². The van der Waals surface area contributed by atoms with Crippen LogP contribution in [-0.4, -0.2) is 21.4 Å². The Hall–Kier alpha value is -1.94. The fourth-order valence-electron chi connectivity index (χ4n) is 3.19. The van der Waals surface area contributed by atoms with Crippen LogP contribution in [0.1, 0.15) is 54.4 Å². The molecule has 1 aliphatic rings. The lowest BCUT2D eigenvalue weighted by atomic mass is 10.1. The minimum absolute atomic E-state index is 0.457. The van der Waals surface area contributed by atoms with Crippen LogP contribution in [0.3, 0.4) is 0 Å². The van der Waals surface area contributed by atoms with E-state index in [1.165, 1.54) is 36.8 Å². The largest absolute Gasteiger partial charge is 0.369 e. The lowest BCUT2D eigenvalue weighted by Gasteiger charge is -2.10. The Morgan fingerprint density at radius 1 is 1.30 bits per heavy atom. The van der Waals surface area contributed by atoms with E-state index >= 15 is 0 Å². The first kappa shape index (κ1) is 15.9. The van der Waals surface area contributed by atoms with Gasteiger partial charge in [0.05, 0.1) is 12.3 Å². The number of rotatable bonds is 6. The highest BCUT2D eigenvalue weighted by Gasteiger charge is 2.23. The van der Waals surface area contributed by atoms with Gasteiger partial charge in [0.25, 0.3) is 0 Å². The van der Waals surface area contributed by atoms with Crippen molar-refractivity contribution in [3.05, 3.63) is 53.6 Å². The van der Waals surface area contributed by atoms with Crippen molar-refractivity contribution in [1.82, 2.24) is 14.8 Å². The highest BCUT2D eigenvalue weighted by molar-refractivity contribution is 5.43. The summed E-state index contributed by atoms with van der Waals surface area (Å²) in [6, 6.07) is 6.43. The zero-order valence-electron chi connectivity index (χ0n) is 14.1. The Morgan fingerprint density at radius 3 is 2.83 bits per heavy atom. The highest BCUT2D eigenvalue weighted by Crippen LogP contribution is 2.33. The van der Waals surface area contributed by atoms with Crippen LogP contribution in [0.2, 0.25) is 0 Å². The van der Waals surface area contributed by atoms with Gasteiger partial charge < -0.3 is 4.74 Å². The molecule has 1 aliphatic carbocycles. The summed E-state index contributed by atoms with van der Waals surface area (Å²) >= 11 is 0. The Morgan fingerprint density at radius 2 is 2.09 bits per heavy atom. The van der Waals surface area contributed by atoms with Gasteiger partial charge >= 0.3 is 0 Å². The number of aryl methyl sites for hydroxylation is 2. The van der Waals surface area contributed by atoms with Crippen LogP contribution < -0.4 is 0 Å². The molecule has 3 rings (SSSR count). The zero-order valence-corrected chi connectivity index (χ0v) is 14.1. The normalized spacial score (nSPS) is 15.2. The molecule has 0 amide bonds. The maximum Gasteiger partial charge on any atom is 0.158 e. The summed E-state index contributed by atoms with van der Waals surface area (Å²) in [6.45, 7) is 8.90. The van der Waals surface area contributed by atoms with Crippen molar-refractivity contribution in [2.45, 2.75) is 52.1 Å². The number of hydrogen-bond donors (Lipinski definition) is 0. The van der Waals surface area contributed by atoms with Gasteiger partial charge in [-0.15, -0.1) is 6.58 Å². The predicted molar refractivity (Wildman–Crippen MR) is 91.9 cm³/mol. The average Bonchev–Trinajstić information content (AvgIpc) is 3.19. The van der Waals surface area contributed by atoms with Gasteiger partial charge in [0.2, 0.25) is 0 Å². The van der Waals surface area contributed by atoms with E-state index in [1.807, 2.05) is 4.68 Å². The molecule has 4 heteroatoms. The molecule has 0 N–H and O–H groups in total. The van der Waals surface area contributed by atoms with Gasteiger partial charge in [-0.3, -0.25) is 0 Å². The van der Waals surface area contributed by atoms with Crippen molar-refractivity contribution in [3.8, 4) is 5.69 Å². The second-order valence-electron chi connectivity index (χ2n) is 6.37. The molecule has 0 aliphatic heterocycles. The Kier molecular flexibility index (Phi) is 4.91. The number of hydrogen-bond acceptors (Lipinski definition) is 3. The SMILES string of the molecule is C=CCOCc1nc(C2CCCC2)nn1-c1cc(C)ccc1C. The Labute approximate surface area is 138 Å². The molecule has 1 fully saturated rings. The maximum atomic E-state index is 5.64. The van der Waals surface area contributed by atoms with E-state index in [-0.39, 0.29) is 0 Å². The Balaban J connectivity index is 1.98. The Bertz CT molecular complexity index is 684. The van der Waals surface area contributed by atoms with Crippen molar-refractivity contribution < 1.29 is 4.74 Å². The molecule has 1 saturated carbocycles. The maximum absolute atomic E-state index is 5.64. The third-order valence-electron chi connectivity index (χ3n) is 4.47. The fraction of sp³-hybridized carbons (Fsp3) is 0.474. The minimum Gasteiger partial charge on any atom is -0.369 e. The summed E-state index contributed by atoms with van der Waals surface area (Å²) in [5.41, 5.74) is 3.52. The van der Waals surface area contributed by atoms with Gasteiger partial charge in [0.15, 0.2) is 11.6 Å². The molecule has 1 heterocycles. The lowest BCUT2D eigenvalue weighted by Crippen LogP contribution is -2.07. The van der Waals surface area contributed by atoms with Crippen LogP contribution in [0.5, 0.6) is 0 Å². The molecule has 0 atom stereocenters. The molecule has 4 nitrogen and oxygen atoms in total. The number of benzene rings is 1. The second-order valence-corrected chi connectivity index (χ2v) is 6.37. The third-order valence-corrected chi connectivity index (χ3v) is 4.47. The summed E-state index contributed by atoms with van der Waals surface area (Å²) in [4.78, 5) is 4.80. The summed E-state index contributed by atoms with van der Waals surface area (Å²) < 4.78 is 7.61. The quantitative estimate of drug-likeness (QED) is 0.591. The molecular formula is C19H25N3O. The van der Waals surface area contributed by atoms with E-state index in [0.717, 1.165) is 17.3 Å². The van der Waals surface area contributed by atoms with Gasteiger partial charge in [0.1, 0.15) is 6.61 Å². The minimum atomic E-state index is 0.457.